The number of hydrogen-bond donors (Lipinski definition) is 2. The van der Waals surface area contributed by atoms with Crippen LogP contribution in [0.1, 0.15) is 61.5 Å². The predicted octanol–water partition coefficient (Wildman–Crippen LogP) is 4.20. The first kappa shape index (κ1) is 21.7. The number of nitrogens with two attached hydrogens (primary N) is 1. The molecule has 2 aromatic rings. The summed E-state index contributed by atoms with van der Waals surface area (Å²) in [5.41, 5.74) is 8.25. The first-order valence-electron chi connectivity index (χ1n) is 8.54. The van der Waals surface area contributed by atoms with Crippen LogP contribution in [0.5, 0.6) is 0 Å². The van der Waals surface area contributed by atoms with E-state index in [1.165, 1.54) is 12.8 Å². The summed E-state index contributed by atoms with van der Waals surface area (Å²) in [7, 11) is 0. The fourth-order valence-corrected chi connectivity index (χ4v) is 3.05. The molecule has 1 aromatic carbocycles. The molecular weight excluding hydrogens is 357 g/mol. The number of halogens is 2. The molecular formula is C19H27Cl2N3O. The van der Waals surface area contributed by atoms with Crippen molar-refractivity contribution in [2.24, 2.45) is 5.73 Å². The topological polar surface area (TPSA) is 68.0 Å². The van der Waals surface area contributed by atoms with Crippen LogP contribution in [0, 0.1) is 0 Å². The molecule has 0 radical (unpaired) electrons. The molecule has 1 aliphatic rings. The third kappa shape index (κ3) is 4.43. The van der Waals surface area contributed by atoms with Gasteiger partial charge in [-0.15, -0.1) is 24.8 Å². The van der Waals surface area contributed by atoms with E-state index in [2.05, 4.69) is 19.2 Å². The van der Waals surface area contributed by atoms with Crippen molar-refractivity contribution in [3.63, 3.8) is 0 Å². The van der Waals surface area contributed by atoms with Gasteiger partial charge in [0.15, 0.2) is 0 Å². The van der Waals surface area contributed by atoms with Crippen molar-refractivity contribution in [1.82, 2.24) is 10.3 Å². The van der Waals surface area contributed by atoms with Crippen LogP contribution in [0.4, 0.5) is 0 Å². The van der Waals surface area contributed by atoms with Crippen LogP contribution >= 0.6 is 24.8 Å². The SMILES string of the molecule is CCC(CC)(CN)NC(=O)c1cc(C2CC2)nc2ccccc12.Cl.Cl. The molecule has 0 aliphatic heterocycles. The number of hydrogen-bond acceptors (Lipinski definition) is 3. The third-order valence-electron chi connectivity index (χ3n) is 5.10. The van der Waals surface area contributed by atoms with Crippen molar-refractivity contribution in [3.8, 4) is 0 Å². The molecule has 0 spiro atoms. The van der Waals surface area contributed by atoms with Crippen molar-refractivity contribution in [3.05, 3.63) is 41.6 Å². The number of nitrogens with one attached hydrogen (secondary N) is 1. The van der Waals surface area contributed by atoms with Gasteiger partial charge in [0.25, 0.3) is 5.91 Å². The van der Waals surface area contributed by atoms with Gasteiger partial charge in [0, 0.05) is 23.5 Å². The second kappa shape index (κ2) is 8.84. The van der Waals surface area contributed by atoms with E-state index >= 15 is 0 Å². The van der Waals surface area contributed by atoms with E-state index in [1.54, 1.807) is 0 Å². The van der Waals surface area contributed by atoms with Crippen LogP contribution in [0.2, 0.25) is 0 Å². The highest BCUT2D eigenvalue weighted by Crippen LogP contribution is 2.40. The first-order chi connectivity index (χ1) is 11.1. The van der Waals surface area contributed by atoms with Crippen LogP contribution in [0.3, 0.4) is 0 Å². The molecule has 138 valence electrons. The van der Waals surface area contributed by atoms with Crippen LogP contribution in [-0.4, -0.2) is 23.0 Å². The monoisotopic (exact) mass is 383 g/mol. The Morgan fingerprint density at radius 1 is 1.24 bits per heavy atom. The second-order valence-electron chi connectivity index (χ2n) is 6.53. The zero-order chi connectivity index (χ0) is 16.4. The van der Waals surface area contributed by atoms with Gasteiger partial charge in [-0.1, -0.05) is 32.0 Å². The van der Waals surface area contributed by atoms with Crippen molar-refractivity contribution < 1.29 is 4.79 Å². The Morgan fingerprint density at radius 2 is 1.88 bits per heavy atom. The van der Waals surface area contributed by atoms with Gasteiger partial charge in [-0.3, -0.25) is 9.78 Å². The number of amides is 1. The minimum absolute atomic E-state index is 0. The average molecular weight is 384 g/mol. The van der Waals surface area contributed by atoms with E-state index in [0.717, 1.165) is 35.0 Å². The summed E-state index contributed by atoms with van der Waals surface area (Å²) in [5, 5.41) is 4.09. The van der Waals surface area contributed by atoms with E-state index in [1.807, 2.05) is 30.3 Å². The summed E-state index contributed by atoms with van der Waals surface area (Å²) in [5.74, 6) is 0.474. The molecule has 3 rings (SSSR count). The Bertz CT molecular complexity index is 719. The summed E-state index contributed by atoms with van der Waals surface area (Å²) in [6.07, 6.45) is 3.99. The lowest BCUT2D eigenvalue weighted by molar-refractivity contribution is 0.0897. The normalized spacial score (nSPS) is 13.7. The fraction of sp³-hybridized carbons (Fsp3) is 0.474. The third-order valence-corrected chi connectivity index (χ3v) is 5.10. The van der Waals surface area contributed by atoms with Crippen LogP contribution in [0.25, 0.3) is 10.9 Å². The van der Waals surface area contributed by atoms with Gasteiger partial charge in [-0.25, -0.2) is 0 Å². The molecule has 1 aliphatic carbocycles. The lowest BCUT2D eigenvalue weighted by Crippen LogP contribution is -2.52. The average Bonchev–Trinajstić information content (AvgIpc) is 3.44. The molecule has 3 N–H and O–H groups in total. The molecule has 4 nitrogen and oxygen atoms in total. The maximum Gasteiger partial charge on any atom is 0.252 e. The van der Waals surface area contributed by atoms with E-state index < -0.39 is 0 Å². The maximum absolute atomic E-state index is 13.0. The number of carbonyl (C=O) groups is 1. The molecule has 6 heteroatoms. The summed E-state index contributed by atoms with van der Waals surface area (Å²) >= 11 is 0. The predicted molar refractivity (Wildman–Crippen MR) is 108 cm³/mol. The molecule has 1 aromatic heterocycles. The zero-order valence-electron chi connectivity index (χ0n) is 14.7. The van der Waals surface area contributed by atoms with Gasteiger partial charge >= 0.3 is 0 Å². The largest absolute Gasteiger partial charge is 0.345 e. The Hall–Kier alpha value is -1.36. The summed E-state index contributed by atoms with van der Waals surface area (Å²) in [6, 6.07) is 9.84. The van der Waals surface area contributed by atoms with Crippen molar-refractivity contribution in [1.29, 1.82) is 0 Å². The smallest absolute Gasteiger partial charge is 0.252 e. The van der Waals surface area contributed by atoms with Gasteiger partial charge in [-0.05, 0) is 37.8 Å². The lowest BCUT2D eigenvalue weighted by Gasteiger charge is -2.31. The van der Waals surface area contributed by atoms with Crippen LogP contribution in [0.15, 0.2) is 30.3 Å². The van der Waals surface area contributed by atoms with Crippen molar-refractivity contribution in [2.45, 2.75) is 51.0 Å². The highest BCUT2D eigenvalue weighted by Gasteiger charge is 2.30. The first-order valence-corrected chi connectivity index (χ1v) is 8.54. The number of benzene rings is 1. The molecule has 0 unspecified atom stereocenters. The standard InChI is InChI=1S/C19H25N3O.2ClH/c1-3-19(4-2,12-20)22-18(23)15-11-17(13-9-10-13)21-16-8-6-5-7-14(15)16;;/h5-8,11,13H,3-4,9-10,12,20H2,1-2H3,(H,22,23);2*1H. The van der Waals surface area contributed by atoms with Crippen molar-refractivity contribution in [2.75, 3.05) is 6.54 Å². The summed E-state index contributed by atoms with van der Waals surface area (Å²) in [6.45, 7) is 4.58. The Balaban J connectivity index is 0.00000156. The van der Waals surface area contributed by atoms with Gasteiger partial charge in [-0.2, -0.15) is 0 Å². The number of para-hydroxylation sites is 1. The van der Waals surface area contributed by atoms with E-state index in [4.69, 9.17) is 10.7 Å². The second-order valence-corrected chi connectivity index (χ2v) is 6.53. The Labute approximate surface area is 161 Å². The van der Waals surface area contributed by atoms with Gasteiger partial charge in [0.1, 0.15) is 0 Å². The molecule has 1 fully saturated rings. The van der Waals surface area contributed by atoms with E-state index in [0.29, 0.717) is 12.5 Å². The number of carbonyl (C=O) groups excluding carboxylic acids is 1. The highest BCUT2D eigenvalue weighted by molar-refractivity contribution is 6.06. The van der Waals surface area contributed by atoms with Gasteiger partial charge in [0.05, 0.1) is 16.6 Å². The molecule has 0 saturated heterocycles. The maximum atomic E-state index is 13.0. The van der Waals surface area contributed by atoms with E-state index in [9.17, 15) is 4.79 Å². The van der Waals surface area contributed by atoms with Gasteiger partial charge < -0.3 is 11.1 Å². The fourth-order valence-electron chi connectivity index (χ4n) is 3.05. The number of pyridine rings is 1. The summed E-state index contributed by atoms with van der Waals surface area (Å²) in [4.78, 5) is 17.7. The minimum Gasteiger partial charge on any atom is -0.345 e. The summed E-state index contributed by atoms with van der Waals surface area (Å²) < 4.78 is 0. The lowest BCUT2D eigenvalue weighted by atomic mass is 9.92. The van der Waals surface area contributed by atoms with Crippen molar-refractivity contribution >= 4 is 41.6 Å². The number of fused-ring (bicyclic) bond motifs is 1. The number of rotatable bonds is 6. The molecule has 1 saturated carbocycles. The molecule has 0 bridgehead atoms. The highest BCUT2D eigenvalue weighted by atomic mass is 35.5. The number of nitrogens with zero attached hydrogens (tertiary/aromatic N) is 1. The van der Waals surface area contributed by atoms with Gasteiger partial charge in [0.2, 0.25) is 0 Å². The zero-order valence-corrected chi connectivity index (χ0v) is 16.4. The minimum atomic E-state index is -0.332. The molecule has 1 heterocycles. The van der Waals surface area contributed by atoms with Crippen LogP contribution < -0.4 is 11.1 Å². The van der Waals surface area contributed by atoms with Crippen LogP contribution in [-0.2, 0) is 0 Å². The molecule has 25 heavy (non-hydrogen) atoms. The Kier molecular flexibility index (Phi) is 7.66. The quantitative estimate of drug-likeness (QED) is 0.784. The molecule has 1 amide bonds. The Morgan fingerprint density at radius 3 is 2.44 bits per heavy atom. The molecule has 0 atom stereocenters. The number of aromatic nitrogens is 1. The van der Waals surface area contributed by atoms with E-state index in [-0.39, 0.29) is 36.3 Å².